The van der Waals surface area contributed by atoms with Crippen LogP contribution in [-0.2, 0) is 30.7 Å². The third-order valence-electron chi connectivity index (χ3n) is 6.04. The van der Waals surface area contributed by atoms with Crippen LogP contribution in [0.5, 0.6) is 0 Å². The molecular weight excluding hydrogens is 502 g/mol. The fraction of sp³-hybridized carbons (Fsp3) is 0.214. The van der Waals surface area contributed by atoms with Crippen molar-refractivity contribution in [2.24, 2.45) is 0 Å². The SMILES string of the molecule is O=C(CSc1nnc(Cn2c(=O)sc3ccccc32)n1CCc1ccccc1)NCCc1ccccc1. The summed E-state index contributed by atoms with van der Waals surface area (Å²) in [5.74, 6) is 0.910. The zero-order valence-corrected chi connectivity index (χ0v) is 21.9. The third-order valence-corrected chi connectivity index (χ3v) is 7.97. The predicted molar refractivity (Wildman–Crippen MR) is 149 cm³/mol. The van der Waals surface area contributed by atoms with Crippen molar-refractivity contribution in [2.75, 3.05) is 12.3 Å². The largest absolute Gasteiger partial charge is 0.355 e. The molecule has 2 aromatic heterocycles. The van der Waals surface area contributed by atoms with Crippen LogP contribution in [0, 0.1) is 0 Å². The number of aryl methyl sites for hydroxylation is 1. The number of hydrogen-bond donors (Lipinski definition) is 1. The van der Waals surface area contributed by atoms with Gasteiger partial charge in [-0.15, -0.1) is 10.2 Å². The molecule has 0 atom stereocenters. The van der Waals surface area contributed by atoms with E-state index in [1.807, 2.05) is 65.2 Å². The van der Waals surface area contributed by atoms with E-state index in [0.29, 0.717) is 30.6 Å². The van der Waals surface area contributed by atoms with E-state index in [9.17, 15) is 9.59 Å². The quantitative estimate of drug-likeness (QED) is 0.257. The fourth-order valence-corrected chi connectivity index (χ4v) is 5.83. The molecule has 0 spiro atoms. The van der Waals surface area contributed by atoms with Crippen molar-refractivity contribution in [2.45, 2.75) is 31.1 Å². The number of thioether (sulfide) groups is 1. The first-order chi connectivity index (χ1) is 18.2. The topological polar surface area (TPSA) is 81.8 Å². The second-order valence-electron chi connectivity index (χ2n) is 8.58. The highest BCUT2D eigenvalue weighted by atomic mass is 32.2. The molecule has 9 heteroatoms. The van der Waals surface area contributed by atoms with Gasteiger partial charge in [0, 0.05) is 13.1 Å². The van der Waals surface area contributed by atoms with Gasteiger partial charge in [-0.25, -0.2) is 0 Å². The molecule has 0 saturated heterocycles. The molecule has 5 aromatic rings. The second kappa shape index (κ2) is 12.0. The molecule has 1 amide bonds. The van der Waals surface area contributed by atoms with Gasteiger partial charge < -0.3 is 9.88 Å². The average Bonchev–Trinajstić information content (AvgIpc) is 3.47. The number of nitrogens with zero attached hydrogens (tertiary/aromatic N) is 4. The molecule has 1 N–H and O–H groups in total. The maximum atomic E-state index is 12.7. The van der Waals surface area contributed by atoms with Gasteiger partial charge in [0.25, 0.3) is 0 Å². The van der Waals surface area contributed by atoms with Crippen LogP contribution in [0.25, 0.3) is 10.2 Å². The van der Waals surface area contributed by atoms with E-state index in [1.54, 1.807) is 4.57 Å². The van der Waals surface area contributed by atoms with E-state index in [4.69, 9.17) is 0 Å². The smallest absolute Gasteiger partial charge is 0.308 e. The second-order valence-corrected chi connectivity index (χ2v) is 10.5. The number of hydrogen-bond acceptors (Lipinski definition) is 6. The summed E-state index contributed by atoms with van der Waals surface area (Å²) in [5, 5.41) is 12.5. The highest BCUT2D eigenvalue weighted by Gasteiger charge is 2.17. The van der Waals surface area contributed by atoms with Crippen molar-refractivity contribution in [3.63, 3.8) is 0 Å². The van der Waals surface area contributed by atoms with Crippen molar-refractivity contribution in [1.29, 1.82) is 0 Å². The molecule has 5 rings (SSSR count). The lowest BCUT2D eigenvalue weighted by Gasteiger charge is -2.11. The summed E-state index contributed by atoms with van der Waals surface area (Å²) in [6.07, 6.45) is 1.58. The Labute approximate surface area is 223 Å². The van der Waals surface area contributed by atoms with Crippen molar-refractivity contribution in [3.05, 3.63) is 112 Å². The lowest BCUT2D eigenvalue weighted by atomic mass is 10.1. The number of carbonyl (C=O) groups is 1. The summed E-state index contributed by atoms with van der Waals surface area (Å²) in [5.41, 5.74) is 3.29. The van der Waals surface area contributed by atoms with Crippen LogP contribution in [0.3, 0.4) is 0 Å². The number of benzene rings is 3. The zero-order valence-electron chi connectivity index (χ0n) is 20.2. The molecule has 188 valence electrons. The number of nitrogens with one attached hydrogen (secondary N) is 1. The van der Waals surface area contributed by atoms with E-state index in [1.165, 1.54) is 34.2 Å². The van der Waals surface area contributed by atoms with E-state index in [-0.39, 0.29) is 16.5 Å². The van der Waals surface area contributed by atoms with E-state index in [0.717, 1.165) is 23.1 Å². The number of thiazole rings is 1. The maximum Gasteiger partial charge on any atom is 0.308 e. The van der Waals surface area contributed by atoms with Gasteiger partial charge in [0.1, 0.15) is 0 Å². The monoisotopic (exact) mass is 529 g/mol. The summed E-state index contributed by atoms with van der Waals surface area (Å²) >= 11 is 2.60. The van der Waals surface area contributed by atoms with Crippen LogP contribution >= 0.6 is 23.1 Å². The Balaban J connectivity index is 1.29. The van der Waals surface area contributed by atoms with Crippen LogP contribution in [0.4, 0.5) is 0 Å². The molecule has 37 heavy (non-hydrogen) atoms. The summed E-state index contributed by atoms with van der Waals surface area (Å²) in [7, 11) is 0. The Kier molecular flexibility index (Phi) is 8.12. The van der Waals surface area contributed by atoms with Crippen molar-refractivity contribution in [3.8, 4) is 0 Å². The van der Waals surface area contributed by atoms with E-state index < -0.39 is 0 Å². The molecule has 0 aliphatic carbocycles. The minimum atomic E-state index is -0.0415. The number of fused-ring (bicyclic) bond motifs is 1. The summed E-state index contributed by atoms with van der Waals surface area (Å²) < 4.78 is 4.73. The van der Waals surface area contributed by atoms with E-state index in [2.05, 4.69) is 39.8 Å². The van der Waals surface area contributed by atoms with Gasteiger partial charge in [-0.2, -0.15) is 0 Å². The minimum absolute atomic E-state index is 0.0224. The lowest BCUT2D eigenvalue weighted by molar-refractivity contribution is -0.118. The molecule has 0 saturated carbocycles. The Morgan fingerprint density at radius 3 is 2.27 bits per heavy atom. The minimum Gasteiger partial charge on any atom is -0.355 e. The van der Waals surface area contributed by atoms with Crippen LogP contribution in [0.2, 0.25) is 0 Å². The molecule has 2 heterocycles. The Hall–Kier alpha value is -3.69. The summed E-state index contributed by atoms with van der Waals surface area (Å²) in [4.78, 5) is 25.2. The molecular formula is C28H27N5O2S2. The third kappa shape index (κ3) is 6.36. The lowest BCUT2D eigenvalue weighted by Crippen LogP contribution is -2.27. The zero-order chi connectivity index (χ0) is 25.5. The van der Waals surface area contributed by atoms with Crippen LogP contribution in [-0.4, -0.2) is 37.5 Å². The standard InChI is InChI=1S/C28H27N5O2S2/c34-26(29-17-15-21-9-3-1-4-10-21)20-36-27-31-30-25(32(27)18-16-22-11-5-2-6-12-22)19-33-23-13-7-8-14-24(23)37-28(33)35/h1-14H,15-20H2,(H,29,34). The normalized spacial score (nSPS) is 11.1. The Morgan fingerprint density at radius 1 is 0.838 bits per heavy atom. The molecule has 0 aliphatic rings. The first-order valence-electron chi connectivity index (χ1n) is 12.1. The number of para-hydroxylation sites is 1. The number of carbonyl (C=O) groups excluding carboxylic acids is 1. The fourth-order valence-electron chi connectivity index (χ4n) is 4.13. The van der Waals surface area contributed by atoms with Crippen LogP contribution in [0.1, 0.15) is 17.0 Å². The van der Waals surface area contributed by atoms with Gasteiger partial charge in [0.2, 0.25) is 5.91 Å². The van der Waals surface area contributed by atoms with Crippen molar-refractivity contribution < 1.29 is 4.79 Å². The Morgan fingerprint density at radius 2 is 1.51 bits per heavy atom. The van der Waals surface area contributed by atoms with Crippen LogP contribution < -0.4 is 10.2 Å². The molecule has 0 fully saturated rings. The molecule has 0 bridgehead atoms. The molecule has 0 aliphatic heterocycles. The molecule has 0 radical (unpaired) electrons. The van der Waals surface area contributed by atoms with Gasteiger partial charge in [-0.1, -0.05) is 95.9 Å². The van der Waals surface area contributed by atoms with Crippen molar-refractivity contribution >= 4 is 39.2 Å². The first-order valence-corrected chi connectivity index (χ1v) is 14.0. The van der Waals surface area contributed by atoms with Gasteiger partial charge in [-0.05, 0) is 36.1 Å². The van der Waals surface area contributed by atoms with E-state index >= 15 is 0 Å². The molecule has 3 aromatic carbocycles. The highest BCUT2D eigenvalue weighted by Crippen LogP contribution is 2.21. The predicted octanol–water partition coefficient (Wildman–Crippen LogP) is 4.40. The maximum absolute atomic E-state index is 12.7. The van der Waals surface area contributed by atoms with Gasteiger partial charge in [-0.3, -0.25) is 14.2 Å². The van der Waals surface area contributed by atoms with Gasteiger partial charge in [0.15, 0.2) is 11.0 Å². The van der Waals surface area contributed by atoms with Gasteiger partial charge >= 0.3 is 4.87 Å². The number of rotatable bonds is 11. The summed E-state index contributed by atoms with van der Waals surface area (Å²) in [6.45, 7) is 1.57. The first kappa shape index (κ1) is 25.0. The molecule has 7 nitrogen and oxygen atoms in total. The summed E-state index contributed by atoms with van der Waals surface area (Å²) in [6, 6.07) is 28.1. The Bertz CT molecular complexity index is 1530. The average molecular weight is 530 g/mol. The van der Waals surface area contributed by atoms with Crippen LogP contribution in [0.15, 0.2) is 94.9 Å². The number of aromatic nitrogens is 4. The molecule has 0 unspecified atom stereocenters. The van der Waals surface area contributed by atoms with Crippen molar-refractivity contribution in [1.82, 2.24) is 24.6 Å². The van der Waals surface area contributed by atoms with Gasteiger partial charge in [0.05, 0.1) is 22.5 Å². The highest BCUT2D eigenvalue weighted by molar-refractivity contribution is 7.99. The number of amides is 1.